The second-order valence-corrected chi connectivity index (χ2v) is 7.15. The first-order valence-corrected chi connectivity index (χ1v) is 9.49. The highest BCUT2D eigenvalue weighted by Crippen LogP contribution is 2.33. The molecule has 0 bridgehead atoms. The van der Waals surface area contributed by atoms with E-state index >= 15 is 0 Å². The third-order valence-corrected chi connectivity index (χ3v) is 4.61. The molecule has 2 aromatic carbocycles. The molecule has 0 saturated carbocycles. The molecule has 0 fully saturated rings. The number of nitrogens with one attached hydrogen (secondary N) is 1. The van der Waals surface area contributed by atoms with Gasteiger partial charge in [-0.15, -0.1) is 0 Å². The van der Waals surface area contributed by atoms with Crippen molar-refractivity contribution in [3.63, 3.8) is 0 Å². The number of ether oxygens (including phenoxy) is 2. The summed E-state index contributed by atoms with van der Waals surface area (Å²) in [5, 5.41) is 0.0721. The Morgan fingerprint density at radius 2 is 1.90 bits per heavy atom. The summed E-state index contributed by atoms with van der Waals surface area (Å²) in [4.78, 5) is 23.0. The van der Waals surface area contributed by atoms with Crippen molar-refractivity contribution in [2.75, 3.05) is 6.61 Å². The van der Waals surface area contributed by atoms with Gasteiger partial charge in [-0.25, -0.2) is 14.4 Å². The van der Waals surface area contributed by atoms with E-state index in [1.807, 2.05) is 26.0 Å². The predicted molar refractivity (Wildman–Crippen MR) is 112 cm³/mol. The van der Waals surface area contributed by atoms with E-state index in [0.717, 1.165) is 16.7 Å². The Balaban J connectivity index is 1.65. The third-order valence-electron chi connectivity index (χ3n) is 4.50. The average Bonchev–Trinajstić information content (AvgIpc) is 3.11. The largest absolute Gasteiger partial charge is 0.484 e. The first-order chi connectivity index (χ1) is 14.4. The Morgan fingerprint density at radius 1 is 1.17 bits per heavy atom. The topological polar surface area (TPSA) is 77.1 Å². The maximum atomic E-state index is 13.9. The van der Waals surface area contributed by atoms with Crippen molar-refractivity contribution >= 4 is 27.9 Å². The number of hydrogen-bond acceptors (Lipinski definition) is 5. The molecule has 0 aliphatic heterocycles. The van der Waals surface area contributed by atoms with Crippen molar-refractivity contribution in [2.45, 2.75) is 13.8 Å². The number of H-pyrrole nitrogens is 1. The second kappa shape index (κ2) is 8.12. The summed E-state index contributed by atoms with van der Waals surface area (Å²) < 4.78 is 25.0. The third kappa shape index (κ3) is 3.97. The number of benzene rings is 2. The molecule has 8 heteroatoms. The molecule has 0 amide bonds. The zero-order chi connectivity index (χ0) is 21.3. The van der Waals surface area contributed by atoms with Gasteiger partial charge in [-0.2, -0.15) is 0 Å². The molecular formula is C22H17ClFN3O3. The van der Waals surface area contributed by atoms with E-state index < -0.39 is 11.1 Å². The lowest BCUT2D eigenvalue weighted by Crippen LogP contribution is -2.06. The highest BCUT2D eigenvalue weighted by molar-refractivity contribution is 6.63. The predicted octanol–water partition coefficient (Wildman–Crippen LogP) is 5.32. The van der Waals surface area contributed by atoms with Gasteiger partial charge in [-0.3, -0.25) is 4.79 Å². The van der Waals surface area contributed by atoms with Crippen molar-refractivity contribution in [1.29, 1.82) is 0 Å². The molecular weight excluding hydrogens is 409 g/mol. The summed E-state index contributed by atoms with van der Waals surface area (Å²) >= 11 is 5.36. The van der Waals surface area contributed by atoms with E-state index in [1.165, 1.54) is 6.07 Å². The van der Waals surface area contributed by atoms with Gasteiger partial charge in [-0.1, -0.05) is 12.1 Å². The van der Waals surface area contributed by atoms with Crippen LogP contribution in [0.1, 0.15) is 11.1 Å². The molecule has 0 radical (unpaired) electrons. The minimum Gasteiger partial charge on any atom is -0.484 e. The normalized spacial score (nSPS) is 10.9. The van der Waals surface area contributed by atoms with E-state index in [0.29, 0.717) is 28.4 Å². The highest BCUT2D eigenvalue weighted by atomic mass is 35.5. The molecule has 0 spiro atoms. The molecule has 0 aliphatic rings. The first kappa shape index (κ1) is 19.8. The van der Waals surface area contributed by atoms with E-state index in [1.54, 1.807) is 30.6 Å². The van der Waals surface area contributed by atoms with Gasteiger partial charge >= 0.3 is 0 Å². The Labute approximate surface area is 176 Å². The molecule has 0 unspecified atom stereocenters. The van der Waals surface area contributed by atoms with Crippen LogP contribution in [-0.2, 0) is 4.79 Å². The van der Waals surface area contributed by atoms with Crippen LogP contribution in [-0.4, -0.2) is 26.8 Å². The second-order valence-electron chi connectivity index (χ2n) is 6.72. The smallest absolute Gasteiger partial charge is 0.259 e. The number of nitrogens with zero attached hydrogens (tertiary/aromatic N) is 2. The van der Waals surface area contributed by atoms with Crippen LogP contribution in [0.15, 0.2) is 48.8 Å². The zero-order valence-corrected chi connectivity index (χ0v) is 17.0. The number of aromatic amines is 1. The number of rotatable bonds is 6. The van der Waals surface area contributed by atoms with Crippen LogP contribution < -0.4 is 9.47 Å². The SMILES string of the molecule is Cc1cc(-c2ncc3c(Oc4ccccc4F)c[nH]c3n2)cc(C)c1OCC(=O)Cl. The highest BCUT2D eigenvalue weighted by Gasteiger charge is 2.14. The summed E-state index contributed by atoms with van der Waals surface area (Å²) in [7, 11) is 0. The number of aryl methyl sites for hydroxylation is 2. The molecule has 1 N–H and O–H groups in total. The van der Waals surface area contributed by atoms with Gasteiger partial charge in [0.25, 0.3) is 5.24 Å². The van der Waals surface area contributed by atoms with E-state index in [2.05, 4.69) is 15.0 Å². The lowest BCUT2D eigenvalue weighted by atomic mass is 10.1. The van der Waals surface area contributed by atoms with Crippen molar-refractivity contribution in [3.05, 3.63) is 65.7 Å². The average molecular weight is 426 g/mol. The van der Waals surface area contributed by atoms with Gasteiger partial charge in [0.05, 0.1) is 5.39 Å². The summed E-state index contributed by atoms with van der Waals surface area (Å²) in [6.45, 7) is 3.55. The molecule has 4 rings (SSSR count). The van der Waals surface area contributed by atoms with Crippen molar-refractivity contribution < 1.29 is 18.7 Å². The maximum Gasteiger partial charge on any atom is 0.259 e. The number of halogens is 2. The summed E-state index contributed by atoms with van der Waals surface area (Å²) in [5.74, 6) is 1.22. The molecule has 30 heavy (non-hydrogen) atoms. The zero-order valence-electron chi connectivity index (χ0n) is 16.2. The van der Waals surface area contributed by atoms with E-state index in [9.17, 15) is 9.18 Å². The van der Waals surface area contributed by atoms with Gasteiger partial charge in [0.15, 0.2) is 29.7 Å². The Morgan fingerprint density at radius 3 is 2.60 bits per heavy atom. The van der Waals surface area contributed by atoms with Gasteiger partial charge in [0.2, 0.25) is 0 Å². The van der Waals surface area contributed by atoms with Gasteiger partial charge in [-0.05, 0) is 60.8 Å². The lowest BCUT2D eigenvalue weighted by Gasteiger charge is -2.12. The molecule has 0 atom stereocenters. The number of carbonyl (C=O) groups is 1. The van der Waals surface area contributed by atoms with Crippen molar-refractivity contribution in [1.82, 2.24) is 15.0 Å². The van der Waals surface area contributed by atoms with Crippen LogP contribution in [0.2, 0.25) is 0 Å². The molecule has 0 saturated heterocycles. The van der Waals surface area contributed by atoms with Gasteiger partial charge < -0.3 is 14.5 Å². The van der Waals surface area contributed by atoms with Crippen LogP contribution in [0.4, 0.5) is 4.39 Å². The summed E-state index contributed by atoms with van der Waals surface area (Å²) in [6, 6.07) is 9.93. The van der Waals surface area contributed by atoms with Gasteiger partial charge in [0.1, 0.15) is 11.4 Å². The van der Waals surface area contributed by atoms with E-state index in [4.69, 9.17) is 21.1 Å². The standard InChI is InChI=1S/C22H17ClFN3O3/c1-12-7-14(8-13(2)20(12)29-11-19(23)28)21-25-9-15-18(10-26-22(15)27-21)30-17-6-4-3-5-16(17)24/h3-10H,11H2,1-2H3,(H,25,26,27). The minimum atomic E-state index is -0.563. The quantitative estimate of drug-likeness (QED) is 0.423. The minimum absolute atomic E-state index is 0.125. The lowest BCUT2D eigenvalue weighted by molar-refractivity contribution is -0.113. The first-order valence-electron chi connectivity index (χ1n) is 9.11. The maximum absolute atomic E-state index is 13.9. The molecule has 4 aromatic rings. The molecule has 2 heterocycles. The Kier molecular flexibility index (Phi) is 5.37. The van der Waals surface area contributed by atoms with Crippen molar-refractivity contribution in [2.24, 2.45) is 0 Å². The van der Waals surface area contributed by atoms with Crippen LogP contribution in [0.5, 0.6) is 17.2 Å². The fraction of sp³-hybridized carbons (Fsp3) is 0.136. The molecule has 2 aromatic heterocycles. The number of para-hydroxylation sites is 1. The van der Waals surface area contributed by atoms with E-state index in [-0.39, 0.29) is 12.4 Å². The monoisotopic (exact) mass is 425 g/mol. The molecule has 6 nitrogen and oxygen atoms in total. The van der Waals surface area contributed by atoms with Crippen LogP contribution in [0.25, 0.3) is 22.4 Å². The Hall–Kier alpha value is -3.45. The fourth-order valence-corrected chi connectivity index (χ4v) is 3.24. The number of fused-ring (bicyclic) bond motifs is 1. The number of hydrogen-bond donors (Lipinski definition) is 1. The molecule has 0 aliphatic carbocycles. The van der Waals surface area contributed by atoms with Crippen LogP contribution >= 0.6 is 11.6 Å². The van der Waals surface area contributed by atoms with Crippen LogP contribution in [0, 0.1) is 19.7 Å². The number of aromatic nitrogens is 3. The number of carbonyl (C=O) groups excluding carboxylic acids is 1. The fourth-order valence-electron chi connectivity index (χ4n) is 3.19. The Bertz CT molecular complexity index is 1230. The summed E-state index contributed by atoms with van der Waals surface area (Å²) in [6.07, 6.45) is 3.25. The van der Waals surface area contributed by atoms with Crippen molar-refractivity contribution in [3.8, 4) is 28.6 Å². The van der Waals surface area contributed by atoms with Gasteiger partial charge in [0, 0.05) is 18.0 Å². The van der Waals surface area contributed by atoms with Crippen LogP contribution in [0.3, 0.4) is 0 Å². The summed E-state index contributed by atoms with van der Waals surface area (Å²) in [5.41, 5.74) is 3.03. The molecule has 152 valence electrons.